The van der Waals surface area contributed by atoms with Crippen molar-refractivity contribution in [1.82, 2.24) is 0 Å². The second-order valence-corrected chi connectivity index (χ2v) is 7.65. The maximum Gasteiger partial charge on any atom is 0.108 e. The van der Waals surface area contributed by atoms with Crippen molar-refractivity contribution in [1.29, 1.82) is 5.26 Å². The van der Waals surface area contributed by atoms with Crippen molar-refractivity contribution in [2.45, 2.75) is 13.8 Å². The molecule has 132 valence electrons. The van der Waals surface area contributed by atoms with Crippen molar-refractivity contribution < 1.29 is 0 Å². The zero-order valence-electron chi connectivity index (χ0n) is 14.9. The molecule has 3 aromatic rings. The van der Waals surface area contributed by atoms with Crippen LogP contribution in [0.15, 0.2) is 53.4 Å². The number of nitrogens with zero attached hydrogens (tertiary/aromatic N) is 2. The van der Waals surface area contributed by atoms with E-state index in [1.54, 1.807) is 11.3 Å². The molecular formula is C21H21N3S2. The van der Waals surface area contributed by atoms with Crippen LogP contribution in [0.3, 0.4) is 0 Å². The average molecular weight is 380 g/mol. The van der Waals surface area contributed by atoms with Crippen molar-refractivity contribution in [3.63, 3.8) is 0 Å². The quantitative estimate of drug-likeness (QED) is 0.429. The molecule has 0 unspecified atom stereocenters. The molecule has 0 bridgehead atoms. The van der Waals surface area contributed by atoms with Gasteiger partial charge in [0, 0.05) is 28.5 Å². The van der Waals surface area contributed by atoms with Gasteiger partial charge in [0.05, 0.1) is 0 Å². The summed E-state index contributed by atoms with van der Waals surface area (Å²) in [6.07, 6.45) is 1.83. The molecule has 0 spiro atoms. The van der Waals surface area contributed by atoms with Crippen molar-refractivity contribution >= 4 is 45.8 Å². The largest absolute Gasteiger partial charge is 0.372 e. The highest BCUT2D eigenvalue weighted by molar-refractivity contribution is 8.01. The number of hydrogen-bond acceptors (Lipinski definition) is 5. The van der Waals surface area contributed by atoms with E-state index in [0.29, 0.717) is 4.91 Å². The third-order valence-electron chi connectivity index (χ3n) is 4.37. The molecule has 0 saturated carbocycles. The molecule has 0 fully saturated rings. The highest BCUT2D eigenvalue weighted by atomic mass is 32.2. The minimum Gasteiger partial charge on any atom is -0.372 e. The highest BCUT2D eigenvalue weighted by Crippen LogP contribution is 2.33. The van der Waals surface area contributed by atoms with Crippen molar-refractivity contribution in [2.24, 2.45) is 5.14 Å². The standard InChI is InChI=1S/C21H21N3S2/c1-3-24(4-2)18-8-7-15-11-17(6-5-16(15)12-18)21-10-9-19(25-21)13-20(14-22)26-23/h5-13H,3-4,23H2,1-2H3/b20-13+. The van der Waals surface area contributed by atoms with Gasteiger partial charge < -0.3 is 4.90 Å². The summed E-state index contributed by atoms with van der Waals surface area (Å²) in [5.41, 5.74) is 2.46. The number of nitrogens with two attached hydrogens (primary N) is 1. The maximum atomic E-state index is 9.01. The van der Waals surface area contributed by atoms with Crippen LogP contribution in [0, 0.1) is 11.3 Å². The summed E-state index contributed by atoms with van der Waals surface area (Å²) in [7, 11) is 0. The van der Waals surface area contributed by atoms with Gasteiger partial charge in [0.25, 0.3) is 0 Å². The summed E-state index contributed by atoms with van der Waals surface area (Å²) in [5, 5.41) is 17.0. The molecule has 1 aromatic heterocycles. The van der Waals surface area contributed by atoms with Gasteiger partial charge in [0.15, 0.2) is 0 Å². The van der Waals surface area contributed by atoms with E-state index in [9.17, 15) is 0 Å². The molecule has 2 N–H and O–H groups in total. The normalized spacial score (nSPS) is 11.5. The van der Waals surface area contributed by atoms with Crippen molar-refractivity contribution in [3.05, 3.63) is 58.3 Å². The number of anilines is 1. The van der Waals surface area contributed by atoms with Gasteiger partial charge in [-0.25, -0.2) is 0 Å². The smallest absolute Gasteiger partial charge is 0.108 e. The Hall–Kier alpha value is -2.26. The Labute approximate surface area is 162 Å². The Morgan fingerprint density at radius 3 is 2.54 bits per heavy atom. The molecule has 2 aromatic carbocycles. The lowest BCUT2D eigenvalue weighted by Gasteiger charge is -2.21. The zero-order chi connectivity index (χ0) is 18.5. The fourth-order valence-electron chi connectivity index (χ4n) is 2.98. The van der Waals surface area contributed by atoms with E-state index in [2.05, 4.69) is 67.3 Å². The maximum absolute atomic E-state index is 9.01. The number of benzene rings is 2. The molecule has 0 aliphatic rings. The first-order valence-corrected chi connectivity index (χ1v) is 10.3. The van der Waals surface area contributed by atoms with E-state index in [0.717, 1.165) is 29.9 Å². The molecular weight excluding hydrogens is 358 g/mol. The number of nitriles is 1. The van der Waals surface area contributed by atoms with Gasteiger partial charge in [-0.3, -0.25) is 5.14 Å². The third-order valence-corrected chi connectivity index (χ3v) is 5.92. The van der Waals surface area contributed by atoms with E-state index >= 15 is 0 Å². The Balaban J connectivity index is 1.93. The van der Waals surface area contributed by atoms with E-state index in [1.807, 2.05) is 12.1 Å². The predicted octanol–water partition coefficient (Wildman–Crippen LogP) is 5.89. The van der Waals surface area contributed by atoms with Gasteiger partial charge in [0.2, 0.25) is 0 Å². The number of rotatable bonds is 6. The van der Waals surface area contributed by atoms with Crippen LogP contribution in [-0.4, -0.2) is 13.1 Å². The van der Waals surface area contributed by atoms with Crippen LogP contribution in [0.5, 0.6) is 0 Å². The number of fused-ring (bicyclic) bond motifs is 1. The molecule has 26 heavy (non-hydrogen) atoms. The van der Waals surface area contributed by atoms with E-state index in [-0.39, 0.29) is 0 Å². The second-order valence-electron chi connectivity index (χ2n) is 5.86. The Kier molecular flexibility index (Phi) is 6.00. The van der Waals surface area contributed by atoms with Gasteiger partial charge in [-0.1, -0.05) is 18.2 Å². The lowest BCUT2D eigenvalue weighted by Crippen LogP contribution is -2.21. The molecule has 0 radical (unpaired) electrons. The SMILES string of the molecule is CCN(CC)c1ccc2cc(-c3ccc(/C=C(\C#N)SN)s3)ccc2c1. The van der Waals surface area contributed by atoms with Crippen LogP contribution in [0.4, 0.5) is 5.69 Å². The Morgan fingerprint density at radius 1 is 1.12 bits per heavy atom. The first kappa shape index (κ1) is 18.5. The topological polar surface area (TPSA) is 53.0 Å². The van der Waals surface area contributed by atoms with Crippen molar-refractivity contribution in [3.8, 4) is 16.5 Å². The summed E-state index contributed by atoms with van der Waals surface area (Å²) in [6.45, 7) is 6.38. The Bertz CT molecular complexity index is 978. The molecule has 5 heteroatoms. The summed E-state index contributed by atoms with van der Waals surface area (Å²) >= 11 is 2.65. The van der Waals surface area contributed by atoms with Crippen LogP contribution in [0.2, 0.25) is 0 Å². The van der Waals surface area contributed by atoms with Crippen molar-refractivity contribution in [2.75, 3.05) is 18.0 Å². The predicted molar refractivity (Wildman–Crippen MR) is 116 cm³/mol. The summed E-state index contributed by atoms with van der Waals surface area (Å²) in [6, 6.07) is 19.4. The summed E-state index contributed by atoms with van der Waals surface area (Å²) < 4.78 is 0. The number of hydrogen-bond donors (Lipinski definition) is 1. The first-order chi connectivity index (χ1) is 12.7. The van der Waals surface area contributed by atoms with Crippen LogP contribution in [0.25, 0.3) is 27.3 Å². The average Bonchev–Trinajstić information content (AvgIpc) is 3.15. The lowest BCUT2D eigenvalue weighted by molar-refractivity contribution is 0.867. The Morgan fingerprint density at radius 2 is 1.85 bits per heavy atom. The molecule has 3 rings (SSSR count). The summed E-state index contributed by atoms with van der Waals surface area (Å²) in [5.74, 6) is 0. The third kappa shape index (κ3) is 3.94. The monoisotopic (exact) mass is 379 g/mol. The molecule has 0 aliphatic carbocycles. The van der Waals surface area contributed by atoms with E-state index in [1.165, 1.54) is 26.9 Å². The number of allylic oxidation sites excluding steroid dienone is 1. The molecule has 0 aliphatic heterocycles. The molecule has 3 nitrogen and oxygen atoms in total. The van der Waals surface area contributed by atoms with Gasteiger partial charge >= 0.3 is 0 Å². The summed E-state index contributed by atoms with van der Waals surface area (Å²) in [4.78, 5) is 5.09. The fraction of sp³-hybridized carbons (Fsp3) is 0.190. The minimum atomic E-state index is 0.515. The minimum absolute atomic E-state index is 0.515. The van der Waals surface area contributed by atoms with E-state index in [4.69, 9.17) is 10.4 Å². The zero-order valence-corrected chi connectivity index (χ0v) is 16.5. The van der Waals surface area contributed by atoms with Gasteiger partial charge in [-0.05, 0) is 78.5 Å². The van der Waals surface area contributed by atoms with Crippen LogP contribution < -0.4 is 10.0 Å². The fourth-order valence-corrected chi connectivity index (χ4v) is 4.25. The molecule has 0 amide bonds. The molecule has 0 atom stereocenters. The first-order valence-electron chi connectivity index (χ1n) is 8.56. The van der Waals surface area contributed by atoms with Crippen LogP contribution >= 0.6 is 23.3 Å². The van der Waals surface area contributed by atoms with Gasteiger partial charge in [0.1, 0.15) is 11.0 Å². The van der Waals surface area contributed by atoms with E-state index < -0.39 is 0 Å². The lowest BCUT2D eigenvalue weighted by atomic mass is 10.0. The highest BCUT2D eigenvalue weighted by Gasteiger charge is 2.06. The van der Waals surface area contributed by atoms with Crippen LogP contribution in [0.1, 0.15) is 18.7 Å². The molecule has 1 heterocycles. The van der Waals surface area contributed by atoms with Gasteiger partial charge in [-0.15, -0.1) is 11.3 Å². The second kappa shape index (κ2) is 8.41. The number of thiophene rings is 1. The van der Waals surface area contributed by atoms with Gasteiger partial charge in [-0.2, -0.15) is 5.26 Å². The molecule has 0 saturated heterocycles. The van der Waals surface area contributed by atoms with Crippen LogP contribution in [-0.2, 0) is 0 Å².